The lowest BCUT2D eigenvalue weighted by Crippen LogP contribution is -2.42. The SMILES string of the molecule is CCCCn1c(=O)[nH]c(=O)c2c1nc(CCC(=O)N1CCCC1CN1CCCC1)n2CC(C)C. The summed E-state index contributed by atoms with van der Waals surface area (Å²) in [7, 11) is 0. The minimum atomic E-state index is -0.412. The molecule has 2 saturated heterocycles. The molecule has 9 nitrogen and oxygen atoms in total. The summed E-state index contributed by atoms with van der Waals surface area (Å²) in [6.07, 6.45) is 7.27. The summed E-state index contributed by atoms with van der Waals surface area (Å²) < 4.78 is 3.51. The minimum absolute atomic E-state index is 0.169. The molecule has 2 fully saturated rings. The topological polar surface area (TPSA) is 96.2 Å². The lowest BCUT2D eigenvalue weighted by Gasteiger charge is -2.28. The zero-order valence-corrected chi connectivity index (χ0v) is 21.0. The zero-order valence-electron chi connectivity index (χ0n) is 21.0. The molecule has 0 spiro atoms. The van der Waals surface area contributed by atoms with Crippen molar-refractivity contribution < 1.29 is 4.79 Å². The van der Waals surface area contributed by atoms with Gasteiger partial charge in [0.2, 0.25) is 5.91 Å². The van der Waals surface area contributed by atoms with Crippen molar-refractivity contribution in [2.24, 2.45) is 5.92 Å². The monoisotopic (exact) mass is 472 g/mol. The smallest absolute Gasteiger partial charge is 0.330 e. The quantitative estimate of drug-likeness (QED) is 0.573. The summed E-state index contributed by atoms with van der Waals surface area (Å²) in [6, 6.07) is 0.308. The van der Waals surface area contributed by atoms with Gasteiger partial charge in [0.1, 0.15) is 5.82 Å². The van der Waals surface area contributed by atoms with Crippen LogP contribution in [0.15, 0.2) is 9.59 Å². The van der Waals surface area contributed by atoms with Crippen LogP contribution >= 0.6 is 0 Å². The highest BCUT2D eigenvalue weighted by Crippen LogP contribution is 2.22. The largest absolute Gasteiger partial charge is 0.338 e. The number of fused-ring (bicyclic) bond motifs is 1. The first-order valence-electron chi connectivity index (χ1n) is 13.1. The first-order valence-corrected chi connectivity index (χ1v) is 13.1. The van der Waals surface area contributed by atoms with Gasteiger partial charge in [-0.1, -0.05) is 27.2 Å². The Morgan fingerprint density at radius 1 is 1.12 bits per heavy atom. The first-order chi connectivity index (χ1) is 16.4. The Morgan fingerprint density at radius 2 is 1.88 bits per heavy atom. The van der Waals surface area contributed by atoms with Gasteiger partial charge >= 0.3 is 5.69 Å². The fourth-order valence-corrected chi connectivity index (χ4v) is 5.47. The Bertz CT molecular complexity index is 1110. The molecule has 0 radical (unpaired) electrons. The van der Waals surface area contributed by atoms with Crippen LogP contribution in [0.2, 0.25) is 0 Å². The fourth-order valence-electron chi connectivity index (χ4n) is 5.47. The van der Waals surface area contributed by atoms with Crippen LogP contribution in [0.4, 0.5) is 0 Å². The maximum atomic E-state index is 13.2. The van der Waals surface area contributed by atoms with Crippen LogP contribution in [0.25, 0.3) is 11.2 Å². The van der Waals surface area contributed by atoms with Gasteiger partial charge in [0.05, 0.1) is 0 Å². The number of H-pyrrole nitrogens is 1. The van der Waals surface area contributed by atoms with Crippen LogP contribution in [0.1, 0.15) is 71.5 Å². The number of rotatable bonds is 10. The number of imidazole rings is 1. The summed E-state index contributed by atoms with van der Waals surface area (Å²) in [4.78, 5) is 50.3. The fraction of sp³-hybridized carbons (Fsp3) is 0.760. The van der Waals surface area contributed by atoms with Gasteiger partial charge in [-0.2, -0.15) is 0 Å². The van der Waals surface area contributed by atoms with Gasteiger partial charge in [-0.15, -0.1) is 0 Å². The number of nitrogens with one attached hydrogen (secondary N) is 1. The summed E-state index contributed by atoms with van der Waals surface area (Å²) in [5, 5.41) is 0. The second kappa shape index (κ2) is 10.9. The number of carbonyl (C=O) groups is 1. The summed E-state index contributed by atoms with van der Waals surface area (Å²) in [5.41, 5.74) is 0.0756. The van der Waals surface area contributed by atoms with Crippen LogP contribution in [0, 0.1) is 5.92 Å². The van der Waals surface area contributed by atoms with Crippen LogP contribution in [-0.4, -0.2) is 67.0 Å². The number of amides is 1. The molecule has 1 atom stereocenters. The number of aryl methyl sites for hydroxylation is 2. The molecule has 9 heteroatoms. The molecular formula is C25H40N6O3. The molecule has 4 rings (SSSR count). The number of likely N-dealkylation sites (tertiary alicyclic amines) is 2. The van der Waals surface area contributed by atoms with E-state index in [1.165, 1.54) is 12.8 Å². The molecule has 1 unspecified atom stereocenters. The lowest BCUT2D eigenvalue weighted by molar-refractivity contribution is -0.132. The molecule has 2 aliphatic heterocycles. The molecule has 1 N–H and O–H groups in total. The van der Waals surface area contributed by atoms with Crippen molar-refractivity contribution in [2.75, 3.05) is 26.2 Å². The summed E-state index contributed by atoms with van der Waals surface area (Å²) in [6.45, 7) is 11.5. The number of hydrogen-bond donors (Lipinski definition) is 1. The molecule has 2 aliphatic rings. The zero-order chi connectivity index (χ0) is 24.2. The maximum absolute atomic E-state index is 13.2. The second-order valence-electron chi connectivity index (χ2n) is 10.4. The van der Waals surface area contributed by atoms with E-state index in [0.29, 0.717) is 54.9 Å². The van der Waals surface area contributed by atoms with Gasteiger partial charge in [0.25, 0.3) is 5.56 Å². The van der Waals surface area contributed by atoms with E-state index >= 15 is 0 Å². The molecule has 188 valence electrons. The van der Waals surface area contributed by atoms with Crippen LogP contribution in [0.5, 0.6) is 0 Å². The molecule has 0 saturated carbocycles. The normalized spacial score (nSPS) is 19.2. The Hall–Kier alpha value is -2.42. The number of hydrogen-bond acceptors (Lipinski definition) is 5. The first kappa shape index (κ1) is 24.7. The number of aromatic amines is 1. The number of carbonyl (C=O) groups excluding carboxylic acids is 1. The highest BCUT2D eigenvalue weighted by molar-refractivity contribution is 5.77. The molecule has 4 heterocycles. The predicted molar refractivity (Wildman–Crippen MR) is 133 cm³/mol. The Kier molecular flexibility index (Phi) is 7.91. The molecule has 34 heavy (non-hydrogen) atoms. The van der Waals surface area contributed by atoms with Crippen molar-refractivity contribution in [1.29, 1.82) is 0 Å². The van der Waals surface area contributed by atoms with E-state index in [1.807, 2.05) is 4.57 Å². The summed E-state index contributed by atoms with van der Waals surface area (Å²) in [5.74, 6) is 1.18. The average Bonchev–Trinajstić information content (AvgIpc) is 3.53. The van der Waals surface area contributed by atoms with Crippen LogP contribution in [0.3, 0.4) is 0 Å². The Morgan fingerprint density at radius 3 is 2.59 bits per heavy atom. The number of aromatic nitrogens is 4. The highest BCUT2D eigenvalue weighted by atomic mass is 16.2. The van der Waals surface area contributed by atoms with Gasteiger partial charge in [0.15, 0.2) is 11.2 Å². The Balaban J connectivity index is 1.56. The van der Waals surface area contributed by atoms with Crippen LogP contribution < -0.4 is 11.2 Å². The van der Waals surface area contributed by atoms with E-state index < -0.39 is 11.2 Å². The van der Waals surface area contributed by atoms with Crippen molar-refractivity contribution in [3.8, 4) is 0 Å². The summed E-state index contributed by atoms with van der Waals surface area (Å²) >= 11 is 0. The molecule has 1 amide bonds. The third-order valence-electron chi connectivity index (χ3n) is 7.18. The van der Waals surface area contributed by atoms with E-state index in [9.17, 15) is 14.4 Å². The molecule has 2 aromatic heterocycles. The maximum Gasteiger partial charge on any atom is 0.330 e. The van der Waals surface area contributed by atoms with Gasteiger partial charge in [-0.3, -0.25) is 19.1 Å². The molecule has 0 aromatic carbocycles. The van der Waals surface area contributed by atoms with Crippen molar-refractivity contribution in [2.45, 2.75) is 91.3 Å². The van der Waals surface area contributed by atoms with Crippen LogP contribution in [-0.2, 0) is 24.3 Å². The number of nitrogens with zero attached hydrogens (tertiary/aromatic N) is 5. The molecular weight excluding hydrogens is 432 g/mol. The molecule has 0 aliphatic carbocycles. The second-order valence-corrected chi connectivity index (χ2v) is 10.4. The van der Waals surface area contributed by atoms with Crippen molar-refractivity contribution in [3.63, 3.8) is 0 Å². The van der Waals surface area contributed by atoms with Crippen molar-refractivity contribution >= 4 is 17.1 Å². The van der Waals surface area contributed by atoms with Gasteiger partial charge in [0, 0.05) is 45.1 Å². The molecule has 2 aromatic rings. The Labute approximate surface area is 201 Å². The minimum Gasteiger partial charge on any atom is -0.338 e. The van der Waals surface area contributed by atoms with Crippen molar-refractivity contribution in [3.05, 3.63) is 26.7 Å². The third-order valence-corrected chi connectivity index (χ3v) is 7.18. The predicted octanol–water partition coefficient (Wildman–Crippen LogP) is 2.36. The van der Waals surface area contributed by atoms with E-state index in [2.05, 4.69) is 35.6 Å². The van der Waals surface area contributed by atoms with E-state index in [-0.39, 0.29) is 5.91 Å². The molecule has 0 bridgehead atoms. The highest BCUT2D eigenvalue weighted by Gasteiger charge is 2.31. The average molecular weight is 473 g/mol. The van der Waals surface area contributed by atoms with Gasteiger partial charge in [-0.25, -0.2) is 9.78 Å². The standard InChI is InChI=1S/C25H40N6O3/c1-4-5-14-30-23-22(24(33)27-25(30)34)31(16-18(2)3)20(26-23)10-11-21(32)29-15-8-9-19(29)17-28-12-6-7-13-28/h18-19H,4-17H2,1-3H3,(H,27,33,34). The lowest BCUT2D eigenvalue weighted by atomic mass is 10.2. The van der Waals surface area contributed by atoms with Gasteiger partial charge < -0.3 is 14.4 Å². The van der Waals surface area contributed by atoms with E-state index in [4.69, 9.17) is 4.98 Å². The van der Waals surface area contributed by atoms with E-state index in [0.717, 1.165) is 51.9 Å². The van der Waals surface area contributed by atoms with E-state index in [1.54, 1.807) is 4.57 Å². The van der Waals surface area contributed by atoms with Gasteiger partial charge in [-0.05, 0) is 51.1 Å². The number of unbranched alkanes of at least 4 members (excludes halogenated alkanes) is 1. The van der Waals surface area contributed by atoms with Crippen molar-refractivity contribution in [1.82, 2.24) is 28.9 Å². The third kappa shape index (κ3) is 5.29.